The van der Waals surface area contributed by atoms with Crippen molar-refractivity contribution >= 4 is 11.7 Å². The molecule has 4 heteroatoms. The standard InChI is InChI=1S/C11H13NO3/c1-6-3-4-9(15-2)10-7(6)5-8(12-10)11(13)14/h3-4,8,12H,5H2,1-2H3,(H,13,14). The molecule has 1 atom stereocenters. The maximum Gasteiger partial charge on any atom is 0.326 e. The van der Waals surface area contributed by atoms with Crippen molar-refractivity contribution in [2.24, 2.45) is 0 Å². The summed E-state index contributed by atoms with van der Waals surface area (Å²) < 4.78 is 5.18. The molecule has 0 saturated heterocycles. The first kappa shape index (κ1) is 9.83. The highest BCUT2D eigenvalue weighted by Crippen LogP contribution is 2.36. The van der Waals surface area contributed by atoms with Gasteiger partial charge in [-0.1, -0.05) is 6.07 Å². The van der Waals surface area contributed by atoms with Crippen LogP contribution in [0.3, 0.4) is 0 Å². The summed E-state index contributed by atoms with van der Waals surface area (Å²) in [6.45, 7) is 1.98. The zero-order valence-electron chi connectivity index (χ0n) is 8.70. The average Bonchev–Trinajstić information content (AvgIpc) is 2.64. The molecule has 0 fully saturated rings. The molecule has 0 radical (unpaired) electrons. The van der Waals surface area contributed by atoms with Crippen molar-refractivity contribution in [1.82, 2.24) is 0 Å². The number of rotatable bonds is 2. The number of aryl methyl sites for hydroxylation is 1. The highest BCUT2D eigenvalue weighted by Gasteiger charge is 2.29. The Labute approximate surface area is 87.9 Å². The van der Waals surface area contributed by atoms with Crippen molar-refractivity contribution < 1.29 is 14.6 Å². The summed E-state index contributed by atoms with van der Waals surface area (Å²) in [5.74, 6) is -0.119. The molecule has 2 N–H and O–H groups in total. The largest absolute Gasteiger partial charge is 0.495 e. The molecule has 0 saturated carbocycles. The molecular weight excluding hydrogens is 194 g/mol. The highest BCUT2D eigenvalue weighted by molar-refractivity contribution is 5.83. The fourth-order valence-corrected chi connectivity index (χ4v) is 1.90. The summed E-state index contributed by atoms with van der Waals surface area (Å²) in [5.41, 5.74) is 2.97. The lowest BCUT2D eigenvalue weighted by molar-refractivity contribution is -0.137. The first-order valence-electron chi connectivity index (χ1n) is 4.79. The van der Waals surface area contributed by atoms with Crippen LogP contribution in [0.5, 0.6) is 5.75 Å². The van der Waals surface area contributed by atoms with Crippen LogP contribution in [0.25, 0.3) is 0 Å². The molecule has 1 aliphatic rings. The van der Waals surface area contributed by atoms with Gasteiger partial charge in [-0.3, -0.25) is 0 Å². The molecular formula is C11H13NO3. The number of methoxy groups -OCH3 is 1. The Morgan fingerprint density at radius 3 is 2.93 bits per heavy atom. The van der Waals surface area contributed by atoms with Gasteiger partial charge in [0.25, 0.3) is 0 Å². The van der Waals surface area contributed by atoms with Crippen LogP contribution < -0.4 is 10.1 Å². The third kappa shape index (κ3) is 1.52. The van der Waals surface area contributed by atoms with E-state index in [1.165, 1.54) is 0 Å². The average molecular weight is 207 g/mol. The zero-order chi connectivity index (χ0) is 11.0. The van der Waals surface area contributed by atoms with Crippen LogP contribution in [-0.4, -0.2) is 24.2 Å². The van der Waals surface area contributed by atoms with E-state index in [9.17, 15) is 4.79 Å². The van der Waals surface area contributed by atoms with Gasteiger partial charge >= 0.3 is 5.97 Å². The smallest absolute Gasteiger partial charge is 0.326 e. The monoisotopic (exact) mass is 207 g/mol. The van der Waals surface area contributed by atoms with Gasteiger partial charge < -0.3 is 15.2 Å². The first-order chi connectivity index (χ1) is 7.13. The third-order valence-electron chi connectivity index (χ3n) is 2.75. The molecule has 1 aromatic carbocycles. The summed E-state index contributed by atoms with van der Waals surface area (Å²) in [4.78, 5) is 10.9. The Morgan fingerprint density at radius 2 is 2.33 bits per heavy atom. The predicted molar refractivity (Wildman–Crippen MR) is 56.5 cm³/mol. The number of anilines is 1. The molecule has 0 amide bonds. The summed E-state index contributed by atoms with van der Waals surface area (Å²) in [6, 6.07) is 3.27. The number of carboxylic acids is 1. The zero-order valence-corrected chi connectivity index (χ0v) is 8.70. The minimum atomic E-state index is -0.826. The summed E-state index contributed by atoms with van der Waals surface area (Å²) >= 11 is 0. The molecule has 15 heavy (non-hydrogen) atoms. The van der Waals surface area contributed by atoms with Crippen molar-refractivity contribution in [2.75, 3.05) is 12.4 Å². The van der Waals surface area contributed by atoms with E-state index >= 15 is 0 Å². The summed E-state index contributed by atoms with van der Waals surface area (Å²) in [7, 11) is 1.58. The maximum absolute atomic E-state index is 10.9. The van der Waals surface area contributed by atoms with E-state index in [2.05, 4.69) is 5.32 Å². The van der Waals surface area contributed by atoms with Gasteiger partial charge in [0.15, 0.2) is 0 Å². The molecule has 0 spiro atoms. The lowest BCUT2D eigenvalue weighted by atomic mass is 10.0. The number of ether oxygens (including phenoxy) is 1. The highest BCUT2D eigenvalue weighted by atomic mass is 16.5. The Hall–Kier alpha value is -1.71. The van der Waals surface area contributed by atoms with Crippen molar-refractivity contribution in [3.8, 4) is 5.75 Å². The van der Waals surface area contributed by atoms with Crippen LogP contribution in [0.15, 0.2) is 12.1 Å². The van der Waals surface area contributed by atoms with Crippen LogP contribution in [0.4, 0.5) is 5.69 Å². The van der Waals surface area contributed by atoms with Crippen LogP contribution in [0.1, 0.15) is 11.1 Å². The number of hydrogen-bond acceptors (Lipinski definition) is 3. The maximum atomic E-state index is 10.9. The van der Waals surface area contributed by atoms with Crippen molar-refractivity contribution in [3.05, 3.63) is 23.3 Å². The topological polar surface area (TPSA) is 58.6 Å². The first-order valence-corrected chi connectivity index (χ1v) is 4.79. The van der Waals surface area contributed by atoms with Gasteiger partial charge in [-0.2, -0.15) is 0 Å². The summed E-state index contributed by atoms with van der Waals surface area (Å²) in [5, 5.41) is 11.9. The molecule has 0 aromatic heterocycles. The number of carbonyl (C=O) groups is 1. The molecule has 80 valence electrons. The number of nitrogens with one attached hydrogen (secondary N) is 1. The molecule has 4 nitrogen and oxygen atoms in total. The van der Waals surface area contributed by atoms with Gasteiger partial charge in [0, 0.05) is 6.42 Å². The number of carboxylic acid groups (broad SMARTS) is 1. The minimum absolute atomic E-state index is 0.522. The molecule has 0 bridgehead atoms. The Bertz CT molecular complexity index is 415. The van der Waals surface area contributed by atoms with Crippen molar-refractivity contribution in [3.63, 3.8) is 0 Å². The van der Waals surface area contributed by atoms with Gasteiger partial charge in [0.05, 0.1) is 12.8 Å². The van der Waals surface area contributed by atoms with E-state index in [1.807, 2.05) is 19.1 Å². The lowest BCUT2D eigenvalue weighted by Crippen LogP contribution is -2.26. The second kappa shape index (κ2) is 3.46. The van der Waals surface area contributed by atoms with Crippen molar-refractivity contribution in [2.45, 2.75) is 19.4 Å². The fraction of sp³-hybridized carbons (Fsp3) is 0.364. The quantitative estimate of drug-likeness (QED) is 0.770. The molecule has 1 aromatic rings. The molecule has 1 aliphatic heterocycles. The van der Waals surface area contributed by atoms with E-state index in [4.69, 9.17) is 9.84 Å². The molecule has 0 aliphatic carbocycles. The number of fused-ring (bicyclic) bond motifs is 1. The second-order valence-electron chi connectivity index (χ2n) is 3.68. The van der Waals surface area contributed by atoms with Crippen molar-refractivity contribution in [1.29, 1.82) is 0 Å². The number of benzene rings is 1. The van der Waals surface area contributed by atoms with Gasteiger partial charge in [0.2, 0.25) is 0 Å². The van der Waals surface area contributed by atoms with Gasteiger partial charge in [-0.05, 0) is 24.1 Å². The minimum Gasteiger partial charge on any atom is -0.495 e. The predicted octanol–water partition coefficient (Wildman–Crippen LogP) is 1.42. The number of aliphatic carboxylic acids is 1. The normalized spacial score (nSPS) is 18.1. The van der Waals surface area contributed by atoms with Gasteiger partial charge in [-0.25, -0.2) is 4.79 Å². The molecule has 1 heterocycles. The van der Waals surface area contributed by atoms with E-state index in [0.717, 1.165) is 16.8 Å². The Balaban J connectivity index is 2.43. The van der Waals surface area contributed by atoms with Crippen LogP contribution in [-0.2, 0) is 11.2 Å². The Kier molecular flexibility index (Phi) is 2.26. The second-order valence-corrected chi connectivity index (χ2v) is 3.68. The fourth-order valence-electron chi connectivity index (χ4n) is 1.90. The third-order valence-corrected chi connectivity index (χ3v) is 2.75. The van der Waals surface area contributed by atoms with E-state index in [-0.39, 0.29) is 0 Å². The van der Waals surface area contributed by atoms with Crippen LogP contribution >= 0.6 is 0 Å². The Morgan fingerprint density at radius 1 is 1.60 bits per heavy atom. The summed E-state index contributed by atoms with van der Waals surface area (Å²) in [6.07, 6.45) is 0.522. The molecule has 1 unspecified atom stereocenters. The van der Waals surface area contributed by atoms with Crippen LogP contribution in [0, 0.1) is 6.92 Å². The van der Waals surface area contributed by atoms with E-state index in [0.29, 0.717) is 12.2 Å². The van der Waals surface area contributed by atoms with Gasteiger partial charge in [-0.15, -0.1) is 0 Å². The van der Waals surface area contributed by atoms with E-state index < -0.39 is 12.0 Å². The van der Waals surface area contributed by atoms with E-state index in [1.54, 1.807) is 7.11 Å². The van der Waals surface area contributed by atoms with Crippen LogP contribution in [0.2, 0.25) is 0 Å². The SMILES string of the molecule is COc1ccc(C)c2c1NC(C(=O)O)C2. The number of hydrogen-bond donors (Lipinski definition) is 2. The van der Waals surface area contributed by atoms with Gasteiger partial charge in [0.1, 0.15) is 11.8 Å². The lowest BCUT2D eigenvalue weighted by Gasteiger charge is -2.09. The molecule has 2 rings (SSSR count).